The Bertz CT molecular complexity index is 862. The lowest BCUT2D eigenvalue weighted by Gasteiger charge is -2.32. The number of fused-ring (bicyclic) bond motifs is 1. The van der Waals surface area contributed by atoms with Crippen LogP contribution in [0.2, 0.25) is 0 Å². The lowest BCUT2D eigenvalue weighted by atomic mass is 9.99. The summed E-state index contributed by atoms with van der Waals surface area (Å²) in [4.78, 5) is 14.4. The van der Waals surface area contributed by atoms with E-state index in [1.807, 2.05) is 26.1 Å². The Labute approximate surface area is 180 Å². The van der Waals surface area contributed by atoms with Gasteiger partial charge in [-0.1, -0.05) is 13.0 Å². The number of hydrogen-bond donors (Lipinski definition) is 0. The van der Waals surface area contributed by atoms with Gasteiger partial charge in [-0.05, 0) is 50.3 Å². The zero-order valence-corrected chi connectivity index (χ0v) is 18.7. The standard InChI is InChI=1S/C24H34N4O2/c1-17(2)30-22-6-5-19(13-23(22)29-4)15-27-10-9-21-20(16-27)14-25-24(26-21)28-11-7-18(3)8-12-28/h5-6,13-14,17-18H,7-12,15-16H2,1-4H3. The van der Waals surface area contributed by atoms with Crippen LogP contribution in [0.5, 0.6) is 11.5 Å². The smallest absolute Gasteiger partial charge is 0.225 e. The summed E-state index contributed by atoms with van der Waals surface area (Å²) < 4.78 is 11.4. The first-order valence-electron chi connectivity index (χ1n) is 11.2. The lowest BCUT2D eigenvalue weighted by molar-refractivity contribution is 0.228. The molecule has 1 aromatic carbocycles. The number of piperidine rings is 1. The Kier molecular flexibility index (Phi) is 6.42. The molecular formula is C24H34N4O2. The van der Waals surface area contributed by atoms with Crippen LogP contribution in [0.25, 0.3) is 0 Å². The summed E-state index contributed by atoms with van der Waals surface area (Å²) in [6, 6.07) is 6.23. The van der Waals surface area contributed by atoms with E-state index in [1.165, 1.54) is 29.7 Å². The Morgan fingerprint density at radius 3 is 2.67 bits per heavy atom. The molecular weight excluding hydrogens is 376 g/mol. The average Bonchev–Trinajstić information content (AvgIpc) is 2.74. The summed E-state index contributed by atoms with van der Waals surface area (Å²) >= 11 is 0. The Morgan fingerprint density at radius 2 is 1.93 bits per heavy atom. The maximum Gasteiger partial charge on any atom is 0.225 e. The first-order chi connectivity index (χ1) is 14.5. The number of hydrogen-bond acceptors (Lipinski definition) is 6. The van der Waals surface area contributed by atoms with E-state index in [4.69, 9.17) is 19.4 Å². The van der Waals surface area contributed by atoms with Gasteiger partial charge in [-0.15, -0.1) is 0 Å². The maximum absolute atomic E-state index is 5.84. The fourth-order valence-corrected chi connectivity index (χ4v) is 4.28. The van der Waals surface area contributed by atoms with Crippen LogP contribution in [-0.4, -0.2) is 47.7 Å². The van der Waals surface area contributed by atoms with Gasteiger partial charge in [0, 0.05) is 50.9 Å². The molecule has 0 bridgehead atoms. The third-order valence-corrected chi connectivity index (χ3v) is 6.06. The molecule has 0 saturated carbocycles. The van der Waals surface area contributed by atoms with E-state index in [9.17, 15) is 0 Å². The van der Waals surface area contributed by atoms with Gasteiger partial charge in [-0.2, -0.15) is 0 Å². The van der Waals surface area contributed by atoms with Gasteiger partial charge in [0.05, 0.1) is 18.9 Å². The summed E-state index contributed by atoms with van der Waals surface area (Å²) in [5.74, 6) is 3.33. The van der Waals surface area contributed by atoms with Crippen LogP contribution in [0.15, 0.2) is 24.4 Å². The zero-order valence-electron chi connectivity index (χ0n) is 18.7. The van der Waals surface area contributed by atoms with Crippen LogP contribution in [-0.2, 0) is 19.5 Å². The minimum Gasteiger partial charge on any atom is -0.493 e. The fourth-order valence-electron chi connectivity index (χ4n) is 4.28. The largest absolute Gasteiger partial charge is 0.493 e. The molecule has 0 N–H and O–H groups in total. The van der Waals surface area contributed by atoms with Crippen molar-refractivity contribution >= 4 is 5.95 Å². The quantitative estimate of drug-likeness (QED) is 0.716. The van der Waals surface area contributed by atoms with E-state index in [-0.39, 0.29) is 6.10 Å². The van der Waals surface area contributed by atoms with Gasteiger partial charge in [0.2, 0.25) is 5.95 Å². The van der Waals surface area contributed by atoms with Crippen molar-refractivity contribution in [2.45, 2.75) is 59.2 Å². The van der Waals surface area contributed by atoms with Crippen molar-refractivity contribution in [2.75, 3.05) is 31.6 Å². The van der Waals surface area contributed by atoms with Gasteiger partial charge in [-0.3, -0.25) is 4.90 Å². The SMILES string of the molecule is COc1cc(CN2CCc3nc(N4CCC(C)CC4)ncc3C2)ccc1OC(C)C. The first kappa shape index (κ1) is 20.9. The first-order valence-corrected chi connectivity index (χ1v) is 11.2. The van der Waals surface area contributed by atoms with Crippen LogP contribution in [0.4, 0.5) is 5.95 Å². The molecule has 1 saturated heterocycles. The highest BCUT2D eigenvalue weighted by Crippen LogP contribution is 2.30. The monoisotopic (exact) mass is 410 g/mol. The molecule has 2 aliphatic rings. The molecule has 0 aliphatic carbocycles. The highest BCUT2D eigenvalue weighted by atomic mass is 16.5. The normalized spacial score (nSPS) is 17.8. The minimum absolute atomic E-state index is 0.126. The molecule has 0 spiro atoms. The molecule has 2 aliphatic heterocycles. The molecule has 1 aromatic heterocycles. The lowest BCUT2D eigenvalue weighted by Crippen LogP contribution is -2.35. The van der Waals surface area contributed by atoms with E-state index in [2.05, 4.69) is 28.9 Å². The molecule has 0 amide bonds. The summed E-state index contributed by atoms with van der Waals surface area (Å²) in [5, 5.41) is 0. The zero-order chi connectivity index (χ0) is 21.1. The van der Waals surface area contributed by atoms with Crippen LogP contribution in [0.3, 0.4) is 0 Å². The number of aromatic nitrogens is 2. The van der Waals surface area contributed by atoms with Crippen molar-refractivity contribution in [3.63, 3.8) is 0 Å². The molecule has 0 unspecified atom stereocenters. The van der Waals surface area contributed by atoms with Crippen molar-refractivity contribution in [3.8, 4) is 11.5 Å². The molecule has 1 fully saturated rings. The molecule has 4 rings (SSSR count). The van der Waals surface area contributed by atoms with Gasteiger partial charge >= 0.3 is 0 Å². The number of benzene rings is 1. The van der Waals surface area contributed by atoms with Gasteiger partial charge < -0.3 is 14.4 Å². The van der Waals surface area contributed by atoms with Crippen LogP contribution in [0.1, 0.15) is 50.4 Å². The van der Waals surface area contributed by atoms with Crippen molar-refractivity contribution in [2.24, 2.45) is 5.92 Å². The second-order valence-electron chi connectivity index (χ2n) is 8.92. The van der Waals surface area contributed by atoms with Crippen LogP contribution >= 0.6 is 0 Å². The molecule has 6 heteroatoms. The fraction of sp³-hybridized carbons (Fsp3) is 0.583. The van der Waals surface area contributed by atoms with Crippen molar-refractivity contribution in [3.05, 3.63) is 41.2 Å². The maximum atomic E-state index is 5.84. The van der Waals surface area contributed by atoms with Gasteiger partial charge in [0.1, 0.15) is 0 Å². The number of anilines is 1. The van der Waals surface area contributed by atoms with E-state index < -0.39 is 0 Å². The van der Waals surface area contributed by atoms with Crippen molar-refractivity contribution < 1.29 is 9.47 Å². The van der Waals surface area contributed by atoms with Gasteiger partial charge in [0.15, 0.2) is 11.5 Å². The summed E-state index contributed by atoms with van der Waals surface area (Å²) in [6.45, 7) is 11.3. The highest BCUT2D eigenvalue weighted by molar-refractivity contribution is 5.43. The summed E-state index contributed by atoms with van der Waals surface area (Å²) in [6.07, 6.45) is 5.61. The van der Waals surface area contributed by atoms with Crippen LogP contribution in [0, 0.1) is 5.92 Å². The van der Waals surface area contributed by atoms with Crippen LogP contribution < -0.4 is 14.4 Å². The molecule has 6 nitrogen and oxygen atoms in total. The topological polar surface area (TPSA) is 50.7 Å². The Balaban J connectivity index is 1.41. The van der Waals surface area contributed by atoms with Crippen molar-refractivity contribution in [1.29, 1.82) is 0 Å². The second-order valence-corrected chi connectivity index (χ2v) is 8.92. The Morgan fingerprint density at radius 1 is 1.13 bits per heavy atom. The molecule has 2 aromatic rings. The summed E-state index contributed by atoms with van der Waals surface area (Å²) in [5.41, 5.74) is 3.70. The van der Waals surface area contributed by atoms with E-state index in [0.29, 0.717) is 0 Å². The second kappa shape index (κ2) is 9.21. The van der Waals surface area contributed by atoms with Gasteiger partial charge in [-0.25, -0.2) is 9.97 Å². The van der Waals surface area contributed by atoms with Crippen molar-refractivity contribution in [1.82, 2.24) is 14.9 Å². The number of ether oxygens (including phenoxy) is 2. The number of rotatable bonds is 6. The molecule has 0 atom stereocenters. The Hall–Kier alpha value is -2.34. The minimum atomic E-state index is 0.126. The molecule has 30 heavy (non-hydrogen) atoms. The third kappa shape index (κ3) is 4.86. The third-order valence-electron chi connectivity index (χ3n) is 6.06. The highest BCUT2D eigenvalue weighted by Gasteiger charge is 2.22. The number of nitrogens with zero attached hydrogens (tertiary/aromatic N) is 4. The van der Waals surface area contributed by atoms with Gasteiger partial charge in [0.25, 0.3) is 0 Å². The molecule has 0 radical (unpaired) electrons. The number of methoxy groups -OCH3 is 1. The average molecular weight is 411 g/mol. The summed E-state index contributed by atoms with van der Waals surface area (Å²) in [7, 11) is 1.70. The predicted octanol–water partition coefficient (Wildman–Crippen LogP) is 4.07. The van der Waals surface area contributed by atoms with E-state index in [0.717, 1.165) is 62.5 Å². The van der Waals surface area contributed by atoms with E-state index >= 15 is 0 Å². The molecule has 3 heterocycles. The van der Waals surface area contributed by atoms with E-state index in [1.54, 1.807) is 7.11 Å². The predicted molar refractivity (Wildman–Crippen MR) is 119 cm³/mol. The molecule has 162 valence electrons.